The molecule has 2 aromatic carbocycles. The molecular formula is C16H15N. The molecule has 0 aliphatic carbocycles. The van der Waals surface area contributed by atoms with Crippen LogP contribution in [0.1, 0.15) is 22.3 Å². The molecule has 84 valence electrons. The number of rotatable bonds is 1. The van der Waals surface area contributed by atoms with Gasteiger partial charge in [-0.2, -0.15) is 0 Å². The van der Waals surface area contributed by atoms with Crippen molar-refractivity contribution >= 4 is 0 Å². The van der Waals surface area contributed by atoms with Crippen LogP contribution in [-0.2, 0) is 6.54 Å². The summed E-state index contributed by atoms with van der Waals surface area (Å²) in [5.41, 5.74) is 10.1. The van der Waals surface area contributed by atoms with Gasteiger partial charge in [0.2, 0.25) is 0 Å². The van der Waals surface area contributed by atoms with Crippen molar-refractivity contribution in [3.8, 4) is 11.8 Å². The Balaban J connectivity index is 2.37. The maximum atomic E-state index is 5.68. The molecule has 0 aromatic heterocycles. The van der Waals surface area contributed by atoms with E-state index in [1.165, 1.54) is 5.56 Å². The van der Waals surface area contributed by atoms with Crippen LogP contribution in [-0.4, -0.2) is 0 Å². The van der Waals surface area contributed by atoms with Gasteiger partial charge in [-0.1, -0.05) is 48.2 Å². The summed E-state index contributed by atoms with van der Waals surface area (Å²) in [7, 11) is 0. The molecule has 0 radical (unpaired) electrons. The fourth-order valence-electron chi connectivity index (χ4n) is 1.67. The molecule has 0 fully saturated rings. The molecule has 0 aliphatic heterocycles. The number of benzene rings is 2. The van der Waals surface area contributed by atoms with Crippen LogP contribution in [0.4, 0.5) is 0 Å². The van der Waals surface area contributed by atoms with Crippen LogP contribution in [0.25, 0.3) is 0 Å². The van der Waals surface area contributed by atoms with Gasteiger partial charge in [-0.3, -0.25) is 0 Å². The van der Waals surface area contributed by atoms with Gasteiger partial charge in [0.1, 0.15) is 0 Å². The Hall–Kier alpha value is -2.04. The summed E-state index contributed by atoms with van der Waals surface area (Å²) in [5.74, 6) is 6.39. The van der Waals surface area contributed by atoms with Crippen molar-refractivity contribution in [3.63, 3.8) is 0 Å². The molecule has 0 spiro atoms. The third-order valence-electron chi connectivity index (χ3n) is 2.71. The van der Waals surface area contributed by atoms with Gasteiger partial charge < -0.3 is 5.73 Å². The van der Waals surface area contributed by atoms with Crippen LogP contribution in [0.3, 0.4) is 0 Å². The monoisotopic (exact) mass is 221 g/mol. The van der Waals surface area contributed by atoms with Gasteiger partial charge in [-0.25, -0.2) is 0 Å². The van der Waals surface area contributed by atoms with Crippen LogP contribution in [0, 0.1) is 18.8 Å². The maximum Gasteiger partial charge on any atom is 0.0293 e. The highest BCUT2D eigenvalue weighted by atomic mass is 14.5. The molecule has 0 bridgehead atoms. The first kappa shape index (κ1) is 11.4. The Morgan fingerprint density at radius 3 is 2.18 bits per heavy atom. The quantitative estimate of drug-likeness (QED) is 0.736. The zero-order valence-electron chi connectivity index (χ0n) is 9.90. The van der Waals surface area contributed by atoms with E-state index in [1.807, 2.05) is 42.5 Å². The Morgan fingerprint density at radius 2 is 1.47 bits per heavy atom. The van der Waals surface area contributed by atoms with Crippen LogP contribution in [0.5, 0.6) is 0 Å². The lowest BCUT2D eigenvalue weighted by Gasteiger charge is -2.00. The molecule has 1 heteroatoms. The summed E-state index contributed by atoms with van der Waals surface area (Å²) in [4.78, 5) is 0. The highest BCUT2D eigenvalue weighted by molar-refractivity contribution is 5.48. The molecular weight excluding hydrogens is 206 g/mol. The second-order valence-corrected chi connectivity index (χ2v) is 3.93. The fraction of sp³-hybridized carbons (Fsp3) is 0.125. The van der Waals surface area contributed by atoms with Crippen molar-refractivity contribution in [2.24, 2.45) is 5.73 Å². The standard InChI is InChI=1S/C16H15N/c1-13-6-2-3-7-14(13)10-11-15-8-4-5-9-16(15)12-17/h2-9H,12,17H2,1H3. The minimum Gasteiger partial charge on any atom is -0.326 e. The van der Waals surface area contributed by atoms with Crippen LogP contribution in [0.15, 0.2) is 48.5 Å². The van der Waals surface area contributed by atoms with E-state index in [-0.39, 0.29) is 0 Å². The largest absolute Gasteiger partial charge is 0.326 e. The average molecular weight is 221 g/mol. The maximum absolute atomic E-state index is 5.68. The summed E-state index contributed by atoms with van der Waals surface area (Å²) in [6, 6.07) is 16.1. The normalized spacial score (nSPS) is 9.53. The molecule has 2 rings (SSSR count). The van der Waals surface area contributed by atoms with Gasteiger partial charge in [0.15, 0.2) is 0 Å². The number of hydrogen-bond acceptors (Lipinski definition) is 1. The predicted molar refractivity (Wildman–Crippen MR) is 71.5 cm³/mol. The zero-order valence-corrected chi connectivity index (χ0v) is 9.90. The van der Waals surface area contributed by atoms with Crippen LogP contribution < -0.4 is 5.73 Å². The average Bonchev–Trinajstić information content (AvgIpc) is 2.38. The molecule has 2 aromatic rings. The second-order valence-electron chi connectivity index (χ2n) is 3.93. The number of aryl methyl sites for hydroxylation is 1. The van der Waals surface area contributed by atoms with E-state index in [2.05, 4.69) is 24.8 Å². The van der Waals surface area contributed by atoms with Crippen LogP contribution in [0.2, 0.25) is 0 Å². The smallest absolute Gasteiger partial charge is 0.0293 e. The Kier molecular flexibility index (Phi) is 3.59. The van der Waals surface area contributed by atoms with Crippen molar-refractivity contribution < 1.29 is 0 Å². The van der Waals surface area contributed by atoms with E-state index >= 15 is 0 Å². The first-order chi connectivity index (χ1) is 8.31. The minimum absolute atomic E-state index is 0.526. The lowest BCUT2D eigenvalue weighted by molar-refractivity contribution is 1.06. The molecule has 0 atom stereocenters. The molecule has 2 N–H and O–H groups in total. The van der Waals surface area contributed by atoms with Crippen molar-refractivity contribution in [2.75, 3.05) is 0 Å². The molecule has 17 heavy (non-hydrogen) atoms. The fourth-order valence-corrected chi connectivity index (χ4v) is 1.67. The van der Waals surface area contributed by atoms with Gasteiger partial charge in [0.25, 0.3) is 0 Å². The summed E-state index contributed by atoms with van der Waals surface area (Å²) in [6.07, 6.45) is 0. The van der Waals surface area contributed by atoms with Crippen molar-refractivity contribution in [1.82, 2.24) is 0 Å². The first-order valence-electron chi connectivity index (χ1n) is 5.67. The van der Waals surface area contributed by atoms with Gasteiger partial charge in [-0.15, -0.1) is 0 Å². The molecule has 0 amide bonds. The Bertz CT molecular complexity index is 573. The Morgan fingerprint density at radius 1 is 0.882 bits per heavy atom. The summed E-state index contributed by atoms with van der Waals surface area (Å²) in [5, 5.41) is 0. The molecule has 0 aliphatic rings. The van der Waals surface area contributed by atoms with E-state index in [1.54, 1.807) is 0 Å². The van der Waals surface area contributed by atoms with E-state index in [4.69, 9.17) is 5.73 Å². The number of hydrogen-bond donors (Lipinski definition) is 1. The van der Waals surface area contributed by atoms with Crippen molar-refractivity contribution in [1.29, 1.82) is 0 Å². The lowest BCUT2D eigenvalue weighted by Crippen LogP contribution is -1.98. The summed E-state index contributed by atoms with van der Waals surface area (Å²) in [6.45, 7) is 2.59. The second kappa shape index (κ2) is 5.34. The van der Waals surface area contributed by atoms with Gasteiger partial charge in [0, 0.05) is 17.7 Å². The third-order valence-corrected chi connectivity index (χ3v) is 2.71. The summed E-state index contributed by atoms with van der Waals surface area (Å²) < 4.78 is 0. The van der Waals surface area contributed by atoms with E-state index in [0.717, 1.165) is 16.7 Å². The van der Waals surface area contributed by atoms with Gasteiger partial charge >= 0.3 is 0 Å². The third kappa shape index (κ3) is 2.75. The summed E-state index contributed by atoms with van der Waals surface area (Å²) >= 11 is 0. The lowest BCUT2D eigenvalue weighted by atomic mass is 10.1. The van der Waals surface area contributed by atoms with Crippen molar-refractivity contribution in [2.45, 2.75) is 13.5 Å². The topological polar surface area (TPSA) is 26.0 Å². The van der Waals surface area contributed by atoms with Crippen molar-refractivity contribution in [3.05, 3.63) is 70.8 Å². The SMILES string of the molecule is Cc1ccccc1C#Cc1ccccc1CN. The molecule has 0 heterocycles. The molecule has 0 saturated carbocycles. The minimum atomic E-state index is 0.526. The molecule has 1 nitrogen and oxygen atoms in total. The van der Waals surface area contributed by atoms with Crippen LogP contribution >= 0.6 is 0 Å². The number of nitrogens with two attached hydrogens (primary N) is 1. The first-order valence-corrected chi connectivity index (χ1v) is 5.67. The highest BCUT2D eigenvalue weighted by Crippen LogP contribution is 2.08. The van der Waals surface area contributed by atoms with E-state index in [0.29, 0.717) is 6.54 Å². The molecule has 0 saturated heterocycles. The predicted octanol–water partition coefficient (Wildman–Crippen LogP) is 2.85. The van der Waals surface area contributed by atoms with Gasteiger partial charge in [-0.05, 0) is 30.2 Å². The van der Waals surface area contributed by atoms with Gasteiger partial charge in [0.05, 0.1) is 0 Å². The highest BCUT2D eigenvalue weighted by Gasteiger charge is 1.96. The Labute approximate surface area is 102 Å². The van der Waals surface area contributed by atoms with E-state index < -0.39 is 0 Å². The molecule has 0 unspecified atom stereocenters. The van der Waals surface area contributed by atoms with E-state index in [9.17, 15) is 0 Å². The zero-order chi connectivity index (χ0) is 12.1.